The van der Waals surface area contributed by atoms with Crippen molar-refractivity contribution >= 4 is 51.7 Å². The number of carbonyl (C=O) groups is 2. The summed E-state index contributed by atoms with van der Waals surface area (Å²) in [5.41, 5.74) is 15.1. The van der Waals surface area contributed by atoms with E-state index in [4.69, 9.17) is 28.2 Å². The Kier molecular flexibility index (Phi) is 15.4. The lowest BCUT2D eigenvalue weighted by molar-refractivity contribution is -0.118. The minimum atomic E-state index is -0.181. The first-order valence-electron chi connectivity index (χ1n) is 25.5. The van der Waals surface area contributed by atoms with Gasteiger partial charge in [0.2, 0.25) is 0 Å². The number of allylic oxidation sites excluding steroid dienone is 7. The van der Waals surface area contributed by atoms with Gasteiger partial charge in [-0.2, -0.15) is 0 Å². The zero-order valence-electron chi connectivity index (χ0n) is 40.7. The second kappa shape index (κ2) is 22.0. The van der Waals surface area contributed by atoms with Crippen LogP contribution in [-0.4, -0.2) is 16.6 Å². The third-order valence-corrected chi connectivity index (χ3v) is 15.8. The first-order chi connectivity index (χ1) is 33.5. The molecular weight excluding hydrogens is 886 g/mol. The van der Waals surface area contributed by atoms with E-state index in [-0.39, 0.29) is 41.2 Å². The van der Waals surface area contributed by atoms with Crippen molar-refractivity contribution in [2.75, 3.05) is 0 Å². The zero-order valence-corrected chi connectivity index (χ0v) is 42.2. The maximum atomic E-state index is 14.2. The smallest absolute Gasteiger partial charge is 0.166 e. The van der Waals surface area contributed by atoms with Gasteiger partial charge in [-0.15, -0.1) is 0 Å². The van der Waals surface area contributed by atoms with E-state index in [0.717, 1.165) is 109 Å². The average Bonchev–Trinajstić information content (AvgIpc) is 3.47. The van der Waals surface area contributed by atoms with E-state index in [2.05, 4.69) is 125 Å². The van der Waals surface area contributed by atoms with Gasteiger partial charge in [0.1, 0.15) is 0 Å². The van der Waals surface area contributed by atoms with Crippen LogP contribution in [0.15, 0.2) is 162 Å². The van der Waals surface area contributed by atoms with E-state index in [9.17, 15) is 9.59 Å². The van der Waals surface area contributed by atoms with Gasteiger partial charge in [-0.1, -0.05) is 178 Å². The highest BCUT2D eigenvalue weighted by atomic mass is 35.5. The van der Waals surface area contributed by atoms with Crippen LogP contribution in [0.1, 0.15) is 138 Å². The normalized spacial score (nSPS) is 19.9. The fourth-order valence-corrected chi connectivity index (χ4v) is 11.5. The summed E-state index contributed by atoms with van der Waals surface area (Å²) in [7, 11) is 0. The molecule has 1 aromatic heterocycles. The van der Waals surface area contributed by atoms with Crippen molar-refractivity contribution in [2.24, 2.45) is 17.8 Å². The molecule has 0 aliphatic heterocycles. The standard InChI is InChI=1S/C64H65Cl2NO2/c1-5-42(4)63(49-29-34-57(66)35-30-49)64(69)55-17-10-16-54(38-55)59-36-31-47-24-26-52(39-60(47)67-59)45-21-19-44(20-22-45)51-25-23-43-12-8-13-46(14-9-15-50(43)37-51)58-18-7-6-11-53(58)40-61(68)62(41(2)3)48-27-32-56(65)33-28-48/h9,13,15,19-42,54,58,62-63H,5-8,10-12,14,16-18H2,1-4H3/b15-9+,46-13?,53-40?. The predicted molar refractivity (Wildman–Crippen MR) is 290 cm³/mol. The second-order valence-corrected chi connectivity index (χ2v) is 21.1. The van der Waals surface area contributed by atoms with Crippen molar-refractivity contribution in [1.82, 2.24) is 4.98 Å². The van der Waals surface area contributed by atoms with Gasteiger partial charge in [-0.25, -0.2) is 0 Å². The molecule has 0 saturated heterocycles. The van der Waals surface area contributed by atoms with Crippen LogP contribution in [0.5, 0.6) is 0 Å². The predicted octanol–water partition coefficient (Wildman–Crippen LogP) is 17.9. The number of Topliss-reactive ketones (excluding diaryl/α,β-unsaturated/α-hetero) is 1. The Bertz CT molecular complexity index is 2940. The molecule has 0 N–H and O–H groups in total. The molecule has 1 heterocycles. The Hall–Kier alpha value is -5.61. The SMILES string of the molecule is CCC(C)C(C(=O)C1=CC(c2ccc3ccc(-c4ccc(-c5ccc6c(c5)/C=C/CC(C5CCCCC5=CC(=O)C(c5ccc(Cl)cc5)C(C)C)=CCC6)cc4)cc3n2)CCC1)c1ccc(Cl)cc1. The molecular formula is C64H65Cl2NO2. The minimum absolute atomic E-state index is 0.101. The molecule has 5 atom stereocenters. The van der Waals surface area contributed by atoms with E-state index in [1.807, 2.05) is 54.6 Å². The Labute approximate surface area is 420 Å². The third-order valence-electron chi connectivity index (χ3n) is 15.3. The molecule has 0 radical (unpaired) electrons. The van der Waals surface area contributed by atoms with Gasteiger partial charge >= 0.3 is 0 Å². The molecule has 5 unspecified atom stereocenters. The first-order valence-corrected chi connectivity index (χ1v) is 26.3. The molecule has 1 saturated carbocycles. The number of fused-ring (bicyclic) bond motifs is 2. The number of benzene rings is 5. The van der Waals surface area contributed by atoms with Crippen molar-refractivity contribution < 1.29 is 9.59 Å². The summed E-state index contributed by atoms with van der Waals surface area (Å²) in [6, 6.07) is 42.4. The van der Waals surface area contributed by atoms with Gasteiger partial charge in [-0.3, -0.25) is 14.6 Å². The maximum absolute atomic E-state index is 14.2. The maximum Gasteiger partial charge on any atom is 0.166 e. The Balaban J connectivity index is 0.891. The van der Waals surface area contributed by atoms with Crippen LogP contribution in [0.25, 0.3) is 39.2 Å². The number of hydrogen-bond acceptors (Lipinski definition) is 3. The fourth-order valence-electron chi connectivity index (χ4n) is 11.3. The number of aromatic nitrogens is 1. The van der Waals surface area contributed by atoms with E-state index in [1.54, 1.807) is 0 Å². The van der Waals surface area contributed by atoms with Gasteiger partial charge in [-0.05, 0) is 168 Å². The lowest BCUT2D eigenvalue weighted by Gasteiger charge is -2.29. The number of carbonyl (C=O) groups excluding carboxylic acids is 2. The van der Waals surface area contributed by atoms with Crippen LogP contribution < -0.4 is 0 Å². The zero-order chi connectivity index (χ0) is 48.0. The minimum Gasteiger partial charge on any atom is -0.294 e. The Morgan fingerprint density at radius 3 is 2.04 bits per heavy atom. The highest BCUT2D eigenvalue weighted by Gasteiger charge is 2.31. The van der Waals surface area contributed by atoms with Crippen LogP contribution >= 0.6 is 23.2 Å². The Morgan fingerprint density at radius 2 is 1.35 bits per heavy atom. The van der Waals surface area contributed by atoms with Crippen molar-refractivity contribution in [2.45, 2.75) is 116 Å². The van der Waals surface area contributed by atoms with Gasteiger partial charge in [0, 0.05) is 44.8 Å². The monoisotopic (exact) mass is 949 g/mol. The largest absolute Gasteiger partial charge is 0.294 e. The van der Waals surface area contributed by atoms with Gasteiger partial charge in [0.25, 0.3) is 0 Å². The van der Waals surface area contributed by atoms with Crippen molar-refractivity contribution in [3.63, 3.8) is 0 Å². The van der Waals surface area contributed by atoms with E-state index in [1.165, 1.54) is 39.8 Å². The van der Waals surface area contributed by atoms with Crippen LogP contribution in [-0.2, 0) is 16.0 Å². The molecule has 5 heteroatoms. The summed E-state index contributed by atoms with van der Waals surface area (Å²) in [5, 5.41) is 2.49. The third kappa shape index (κ3) is 11.2. The summed E-state index contributed by atoms with van der Waals surface area (Å²) in [4.78, 5) is 33.4. The number of ketones is 2. The summed E-state index contributed by atoms with van der Waals surface area (Å²) >= 11 is 12.4. The fraction of sp³-hybridized carbons (Fsp3) is 0.328. The molecule has 69 heavy (non-hydrogen) atoms. The van der Waals surface area contributed by atoms with E-state index >= 15 is 0 Å². The molecule has 352 valence electrons. The lowest BCUT2D eigenvalue weighted by atomic mass is 9.76. The highest BCUT2D eigenvalue weighted by Crippen LogP contribution is 2.41. The highest BCUT2D eigenvalue weighted by molar-refractivity contribution is 6.30. The van der Waals surface area contributed by atoms with Crippen LogP contribution in [0.3, 0.4) is 0 Å². The molecule has 0 spiro atoms. The van der Waals surface area contributed by atoms with Crippen molar-refractivity contribution in [3.05, 3.63) is 200 Å². The number of nitrogens with zero attached hydrogens (tertiary/aromatic N) is 1. The summed E-state index contributed by atoms with van der Waals surface area (Å²) in [6.07, 6.45) is 22.3. The number of rotatable bonds is 13. The Morgan fingerprint density at radius 1 is 0.696 bits per heavy atom. The van der Waals surface area contributed by atoms with Crippen molar-refractivity contribution in [1.29, 1.82) is 0 Å². The second-order valence-electron chi connectivity index (χ2n) is 20.2. The quantitative estimate of drug-likeness (QED) is 0.0856. The molecule has 3 nitrogen and oxygen atoms in total. The lowest BCUT2D eigenvalue weighted by Crippen LogP contribution is -2.23. The molecule has 6 aromatic rings. The molecule has 3 aliphatic carbocycles. The van der Waals surface area contributed by atoms with Crippen LogP contribution in [0, 0.1) is 17.8 Å². The summed E-state index contributed by atoms with van der Waals surface area (Å²) in [5.74, 6) is 0.928. The number of pyridine rings is 1. The number of halogens is 2. The first kappa shape index (κ1) is 48.4. The van der Waals surface area contributed by atoms with Gasteiger partial charge in [0.15, 0.2) is 11.6 Å². The number of aryl methyl sites for hydroxylation is 1. The van der Waals surface area contributed by atoms with Crippen LogP contribution in [0.2, 0.25) is 10.0 Å². The molecule has 0 amide bonds. The summed E-state index contributed by atoms with van der Waals surface area (Å²) < 4.78 is 0. The van der Waals surface area contributed by atoms with Crippen molar-refractivity contribution in [3.8, 4) is 22.3 Å². The molecule has 0 bridgehead atoms. The molecule has 9 rings (SSSR count). The average molecular weight is 951 g/mol. The van der Waals surface area contributed by atoms with Gasteiger partial charge in [0.05, 0.1) is 5.52 Å². The molecule has 5 aromatic carbocycles. The van der Waals surface area contributed by atoms with E-state index < -0.39 is 0 Å². The molecule has 3 aliphatic rings. The molecule has 1 fully saturated rings. The van der Waals surface area contributed by atoms with E-state index in [0.29, 0.717) is 16.0 Å². The summed E-state index contributed by atoms with van der Waals surface area (Å²) in [6.45, 7) is 8.62. The topological polar surface area (TPSA) is 47.0 Å². The van der Waals surface area contributed by atoms with Gasteiger partial charge < -0.3 is 0 Å². The van der Waals surface area contributed by atoms with Crippen LogP contribution in [0.4, 0.5) is 0 Å². The number of hydrogen-bond donors (Lipinski definition) is 0.